The number of nitrogens with one attached hydrogen (secondary N) is 3. The van der Waals surface area contributed by atoms with Crippen LogP contribution in [-0.2, 0) is 11.2 Å². The number of hydrogen-bond acceptors (Lipinski definition) is 2. The van der Waals surface area contributed by atoms with Gasteiger partial charge in [0.15, 0.2) is 5.11 Å². The molecular weight excluding hydrogens is 330 g/mol. The molecule has 0 aromatic heterocycles. The molecule has 1 amide bonds. The number of carbonyl (C=O) groups excluding carboxylic acids is 1. The van der Waals surface area contributed by atoms with Gasteiger partial charge < -0.3 is 5.32 Å². The van der Waals surface area contributed by atoms with E-state index in [0.29, 0.717) is 11.0 Å². The topological polar surface area (TPSA) is 53.2 Å². The van der Waals surface area contributed by atoms with Crippen LogP contribution in [0.4, 0.5) is 5.69 Å². The summed E-state index contributed by atoms with van der Waals surface area (Å²) >= 11 is 5.18. The third-order valence-electron chi connectivity index (χ3n) is 3.85. The van der Waals surface area contributed by atoms with Crippen molar-refractivity contribution < 1.29 is 4.79 Å². The molecule has 0 saturated carbocycles. The van der Waals surface area contributed by atoms with E-state index in [-0.39, 0.29) is 11.8 Å². The Kier molecular flexibility index (Phi) is 6.95. The smallest absolute Gasteiger partial charge is 0.245 e. The fourth-order valence-electron chi connectivity index (χ4n) is 2.48. The van der Waals surface area contributed by atoms with Crippen LogP contribution >= 0.6 is 12.2 Å². The van der Waals surface area contributed by atoms with Gasteiger partial charge in [0.05, 0.1) is 5.92 Å². The van der Waals surface area contributed by atoms with Crippen LogP contribution in [0.2, 0.25) is 0 Å². The highest BCUT2D eigenvalue weighted by Gasteiger charge is 2.15. The summed E-state index contributed by atoms with van der Waals surface area (Å²) in [6, 6.07) is 17.8. The molecule has 5 heteroatoms. The van der Waals surface area contributed by atoms with Gasteiger partial charge in [-0.2, -0.15) is 0 Å². The second-order valence-electron chi connectivity index (χ2n) is 6.50. The van der Waals surface area contributed by atoms with Crippen molar-refractivity contribution >= 4 is 28.9 Å². The van der Waals surface area contributed by atoms with E-state index in [1.807, 2.05) is 49.4 Å². The Hall–Kier alpha value is -2.40. The molecule has 2 aromatic carbocycles. The van der Waals surface area contributed by atoms with Gasteiger partial charge in [-0.25, -0.2) is 0 Å². The number of benzene rings is 2. The maximum atomic E-state index is 12.3. The predicted molar refractivity (Wildman–Crippen MR) is 107 cm³/mol. The highest BCUT2D eigenvalue weighted by atomic mass is 32.1. The molecule has 0 radical (unpaired) electrons. The Morgan fingerprint density at radius 3 is 2.20 bits per heavy atom. The average molecular weight is 356 g/mol. The first-order valence-corrected chi connectivity index (χ1v) is 8.87. The number of hydrazine groups is 1. The lowest BCUT2D eigenvalue weighted by atomic mass is 9.96. The Morgan fingerprint density at radius 1 is 0.960 bits per heavy atom. The maximum absolute atomic E-state index is 12.3. The van der Waals surface area contributed by atoms with E-state index in [1.54, 1.807) is 0 Å². The number of amides is 1. The zero-order valence-electron chi connectivity index (χ0n) is 14.9. The van der Waals surface area contributed by atoms with Crippen LogP contribution in [0.15, 0.2) is 54.6 Å². The molecule has 132 valence electrons. The summed E-state index contributed by atoms with van der Waals surface area (Å²) in [7, 11) is 0. The molecular formula is C20H25N3OS. The van der Waals surface area contributed by atoms with Crippen molar-refractivity contribution in [1.29, 1.82) is 0 Å². The van der Waals surface area contributed by atoms with Gasteiger partial charge in [0.1, 0.15) is 0 Å². The number of thiocarbonyl (C=S) groups is 1. The zero-order chi connectivity index (χ0) is 18.2. The molecule has 2 aromatic rings. The van der Waals surface area contributed by atoms with Gasteiger partial charge in [-0.3, -0.25) is 15.6 Å². The molecule has 1 atom stereocenters. The molecule has 0 spiro atoms. The Labute approximate surface area is 155 Å². The van der Waals surface area contributed by atoms with Gasteiger partial charge in [-0.15, -0.1) is 0 Å². The van der Waals surface area contributed by atoms with E-state index >= 15 is 0 Å². The summed E-state index contributed by atoms with van der Waals surface area (Å²) in [5, 5.41) is 3.35. The first-order valence-electron chi connectivity index (χ1n) is 8.46. The molecule has 2 rings (SSSR count). The SMILES string of the molecule is CC(C)Cc1ccc(C(C)C(=O)NNC(=S)Nc2ccccc2)cc1. The predicted octanol–water partition coefficient (Wildman–Crippen LogP) is 4.01. The summed E-state index contributed by atoms with van der Waals surface area (Å²) in [6.45, 7) is 6.27. The number of rotatable bonds is 5. The minimum absolute atomic E-state index is 0.131. The second kappa shape index (κ2) is 9.18. The van der Waals surface area contributed by atoms with Gasteiger partial charge in [0.2, 0.25) is 5.91 Å². The summed E-state index contributed by atoms with van der Waals surface area (Å²) in [6.07, 6.45) is 1.04. The summed E-state index contributed by atoms with van der Waals surface area (Å²) < 4.78 is 0. The van der Waals surface area contributed by atoms with Gasteiger partial charge >= 0.3 is 0 Å². The molecule has 0 aliphatic carbocycles. The number of hydrogen-bond donors (Lipinski definition) is 3. The number of anilines is 1. The summed E-state index contributed by atoms with van der Waals surface area (Å²) in [5.74, 6) is 0.225. The molecule has 25 heavy (non-hydrogen) atoms. The highest BCUT2D eigenvalue weighted by molar-refractivity contribution is 7.80. The molecule has 0 heterocycles. The third kappa shape index (κ3) is 6.19. The standard InChI is InChI=1S/C20H25N3OS/c1-14(2)13-16-9-11-17(12-10-16)15(3)19(24)22-23-20(25)21-18-7-5-4-6-8-18/h4-12,14-15H,13H2,1-3H3,(H,22,24)(H2,21,23,25). The molecule has 4 nitrogen and oxygen atoms in total. The van der Waals surface area contributed by atoms with Crippen molar-refractivity contribution in [3.63, 3.8) is 0 Å². The van der Waals surface area contributed by atoms with Crippen molar-refractivity contribution in [2.45, 2.75) is 33.1 Å². The van der Waals surface area contributed by atoms with Gasteiger partial charge in [-0.05, 0) is 54.7 Å². The first-order chi connectivity index (χ1) is 12.0. The van der Waals surface area contributed by atoms with Gasteiger partial charge in [0.25, 0.3) is 0 Å². The quantitative estimate of drug-likeness (QED) is 0.560. The van der Waals surface area contributed by atoms with E-state index in [4.69, 9.17) is 12.2 Å². The highest BCUT2D eigenvalue weighted by Crippen LogP contribution is 2.17. The molecule has 1 unspecified atom stereocenters. The lowest BCUT2D eigenvalue weighted by molar-refractivity contribution is -0.122. The third-order valence-corrected chi connectivity index (χ3v) is 4.05. The van der Waals surface area contributed by atoms with Crippen molar-refractivity contribution in [2.75, 3.05) is 5.32 Å². The maximum Gasteiger partial charge on any atom is 0.245 e. The van der Waals surface area contributed by atoms with Crippen LogP contribution in [0.1, 0.15) is 37.8 Å². The van der Waals surface area contributed by atoms with Crippen LogP contribution in [0.5, 0.6) is 0 Å². The van der Waals surface area contributed by atoms with E-state index in [1.165, 1.54) is 5.56 Å². The van der Waals surface area contributed by atoms with Crippen LogP contribution < -0.4 is 16.2 Å². The van der Waals surface area contributed by atoms with E-state index in [0.717, 1.165) is 17.7 Å². The van der Waals surface area contributed by atoms with Gasteiger partial charge in [-0.1, -0.05) is 56.3 Å². The van der Waals surface area contributed by atoms with Crippen LogP contribution in [0.25, 0.3) is 0 Å². The molecule has 0 saturated heterocycles. The normalized spacial score (nSPS) is 11.7. The summed E-state index contributed by atoms with van der Waals surface area (Å²) in [4.78, 5) is 12.3. The Morgan fingerprint density at radius 2 is 1.60 bits per heavy atom. The number of carbonyl (C=O) groups is 1. The fourth-order valence-corrected chi connectivity index (χ4v) is 2.64. The van der Waals surface area contributed by atoms with E-state index in [2.05, 4.69) is 42.1 Å². The largest absolute Gasteiger partial charge is 0.331 e. The second-order valence-corrected chi connectivity index (χ2v) is 6.90. The van der Waals surface area contributed by atoms with E-state index in [9.17, 15) is 4.79 Å². The van der Waals surface area contributed by atoms with Crippen molar-refractivity contribution in [2.24, 2.45) is 5.92 Å². The van der Waals surface area contributed by atoms with Crippen molar-refractivity contribution in [1.82, 2.24) is 10.9 Å². The van der Waals surface area contributed by atoms with Gasteiger partial charge in [0, 0.05) is 5.69 Å². The molecule has 0 bridgehead atoms. The molecule has 0 aliphatic heterocycles. The lowest BCUT2D eigenvalue weighted by Crippen LogP contribution is -2.45. The average Bonchev–Trinajstić information content (AvgIpc) is 2.60. The fraction of sp³-hybridized carbons (Fsp3) is 0.300. The first kappa shape index (κ1) is 18.9. The lowest BCUT2D eigenvalue weighted by Gasteiger charge is -2.16. The van der Waals surface area contributed by atoms with Crippen LogP contribution in [-0.4, -0.2) is 11.0 Å². The molecule has 0 fully saturated rings. The molecule has 0 aliphatic rings. The minimum Gasteiger partial charge on any atom is -0.331 e. The zero-order valence-corrected chi connectivity index (χ0v) is 15.7. The Balaban J connectivity index is 1.84. The van der Waals surface area contributed by atoms with Crippen molar-refractivity contribution in [3.05, 3.63) is 65.7 Å². The van der Waals surface area contributed by atoms with Crippen LogP contribution in [0, 0.1) is 5.92 Å². The summed E-state index contributed by atoms with van der Waals surface area (Å²) in [5.41, 5.74) is 8.53. The van der Waals surface area contributed by atoms with Crippen molar-refractivity contribution in [3.8, 4) is 0 Å². The monoisotopic (exact) mass is 355 g/mol. The van der Waals surface area contributed by atoms with Crippen LogP contribution in [0.3, 0.4) is 0 Å². The number of para-hydroxylation sites is 1. The Bertz CT molecular complexity index is 699. The van der Waals surface area contributed by atoms with E-state index < -0.39 is 0 Å². The molecule has 3 N–H and O–H groups in total. The minimum atomic E-state index is -0.264.